The van der Waals surface area contributed by atoms with Crippen LogP contribution in [0.4, 0.5) is 0 Å². The first-order valence-electron chi connectivity index (χ1n) is 4.96. The lowest BCUT2D eigenvalue weighted by Gasteiger charge is -2.17. The predicted octanol–water partition coefficient (Wildman–Crippen LogP) is 2.05. The molecule has 0 aliphatic carbocycles. The van der Waals surface area contributed by atoms with E-state index in [9.17, 15) is 0 Å². The maximum atomic E-state index is 3.96. The molecule has 0 bridgehead atoms. The van der Waals surface area contributed by atoms with E-state index in [1.54, 1.807) is 0 Å². The highest BCUT2D eigenvalue weighted by Crippen LogP contribution is 2.01. The van der Waals surface area contributed by atoms with Gasteiger partial charge in [-0.15, -0.1) is 6.58 Å². The van der Waals surface area contributed by atoms with Crippen LogP contribution in [0.1, 0.15) is 26.2 Å². The van der Waals surface area contributed by atoms with Crippen LogP contribution in [-0.2, 0) is 0 Å². The Morgan fingerprint density at radius 2 is 2.23 bits per heavy atom. The standard InChI is InChI=1S/C11H22N2/c1-5-7-10(3)13-11(6-2)8-9-12-4/h6,11-13H,2-3,5,7-9H2,1,4H3. The summed E-state index contributed by atoms with van der Waals surface area (Å²) in [4.78, 5) is 0. The molecular formula is C11H22N2. The zero-order chi connectivity index (χ0) is 10.1. The zero-order valence-electron chi connectivity index (χ0n) is 8.90. The lowest BCUT2D eigenvalue weighted by atomic mass is 10.2. The molecule has 2 N–H and O–H groups in total. The molecule has 0 aliphatic rings. The Balaban J connectivity index is 3.69. The van der Waals surface area contributed by atoms with Gasteiger partial charge in [0.25, 0.3) is 0 Å². The molecule has 2 heteroatoms. The van der Waals surface area contributed by atoms with Gasteiger partial charge in [-0.1, -0.05) is 26.0 Å². The number of nitrogens with one attached hydrogen (secondary N) is 2. The normalized spacial score (nSPS) is 12.2. The van der Waals surface area contributed by atoms with Crippen molar-refractivity contribution < 1.29 is 0 Å². The second kappa shape index (κ2) is 7.87. The summed E-state index contributed by atoms with van der Waals surface area (Å²) in [5.74, 6) is 0. The van der Waals surface area contributed by atoms with Gasteiger partial charge in [0.05, 0.1) is 0 Å². The molecule has 0 aromatic heterocycles. The molecule has 0 aromatic carbocycles. The molecule has 0 heterocycles. The zero-order valence-corrected chi connectivity index (χ0v) is 8.90. The summed E-state index contributed by atoms with van der Waals surface area (Å²) in [7, 11) is 1.96. The van der Waals surface area contributed by atoms with Gasteiger partial charge in [0.2, 0.25) is 0 Å². The van der Waals surface area contributed by atoms with Gasteiger partial charge in [0.1, 0.15) is 0 Å². The maximum Gasteiger partial charge on any atom is 0.0450 e. The van der Waals surface area contributed by atoms with Crippen molar-refractivity contribution >= 4 is 0 Å². The van der Waals surface area contributed by atoms with Gasteiger partial charge in [-0.2, -0.15) is 0 Å². The maximum absolute atomic E-state index is 3.96. The van der Waals surface area contributed by atoms with Crippen LogP contribution in [0.5, 0.6) is 0 Å². The first-order chi connectivity index (χ1) is 6.24. The van der Waals surface area contributed by atoms with Crippen LogP contribution in [0.25, 0.3) is 0 Å². The quantitative estimate of drug-likeness (QED) is 0.561. The summed E-state index contributed by atoms with van der Waals surface area (Å²) in [6.07, 6.45) is 5.19. The molecule has 0 rings (SSSR count). The summed E-state index contributed by atoms with van der Waals surface area (Å²) < 4.78 is 0. The molecule has 0 aliphatic heterocycles. The van der Waals surface area contributed by atoms with E-state index in [0.717, 1.165) is 31.5 Å². The highest BCUT2D eigenvalue weighted by molar-refractivity contribution is 4.98. The van der Waals surface area contributed by atoms with Crippen LogP contribution in [-0.4, -0.2) is 19.6 Å². The fourth-order valence-electron chi connectivity index (χ4n) is 1.18. The van der Waals surface area contributed by atoms with Gasteiger partial charge >= 0.3 is 0 Å². The van der Waals surface area contributed by atoms with Gasteiger partial charge in [0.15, 0.2) is 0 Å². The smallest absolute Gasteiger partial charge is 0.0450 e. The van der Waals surface area contributed by atoms with Gasteiger partial charge < -0.3 is 10.6 Å². The minimum Gasteiger partial charge on any atom is -0.383 e. The molecule has 0 amide bonds. The summed E-state index contributed by atoms with van der Waals surface area (Å²) in [6, 6.07) is 0.353. The van der Waals surface area contributed by atoms with Crippen molar-refractivity contribution in [3.05, 3.63) is 24.9 Å². The van der Waals surface area contributed by atoms with E-state index in [4.69, 9.17) is 0 Å². The van der Waals surface area contributed by atoms with Crippen LogP contribution in [0, 0.1) is 0 Å². The van der Waals surface area contributed by atoms with Gasteiger partial charge in [0, 0.05) is 11.7 Å². The van der Waals surface area contributed by atoms with Gasteiger partial charge in [-0.05, 0) is 26.4 Å². The molecule has 2 nitrogen and oxygen atoms in total. The average molecular weight is 182 g/mol. The Morgan fingerprint density at radius 1 is 1.54 bits per heavy atom. The van der Waals surface area contributed by atoms with Crippen LogP contribution in [0.15, 0.2) is 24.9 Å². The average Bonchev–Trinajstić information content (AvgIpc) is 2.12. The fraction of sp³-hybridized carbons (Fsp3) is 0.636. The van der Waals surface area contributed by atoms with Crippen molar-refractivity contribution in [2.75, 3.05) is 13.6 Å². The van der Waals surface area contributed by atoms with Crippen molar-refractivity contribution in [3.8, 4) is 0 Å². The molecule has 0 spiro atoms. The van der Waals surface area contributed by atoms with Gasteiger partial charge in [-0.25, -0.2) is 0 Å². The third-order valence-corrected chi connectivity index (χ3v) is 1.93. The molecule has 13 heavy (non-hydrogen) atoms. The number of rotatable bonds is 8. The fourth-order valence-corrected chi connectivity index (χ4v) is 1.18. The summed E-state index contributed by atoms with van der Waals surface area (Å²) in [5, 5.41) is 6.47. The third-order valence-electron chi connectivity index (χ3n) is 1.93. The lowest BCUT2D eigenvalue weighted by molar-refractivity contribution is 0.578. The van der Waals surface area contributed by atoms with Crippen molar-refractivity contribution in [3.63, 3.8) is 0 Å². The Bertz CT molecular complexity index is 152. The topological polar surface area (TPSA) is 24.1 Å². The largest absolute Gasteiger partial charge is 0.383 e. The molecular weight excluding hydrogens is 160 g/mol. The summed E-state index contributed by atoms with van der Waals surface area (Å²) in [5.41, 5.74) is 1.11. The lowest BCUT2D eigenvalue weighted by Crippen LogP contribution is -2.29. The number of allylic oxidation sites excluding steroid dienone is 1. The molecule has 1 unspecified atom stereocenters. The van der Waals surface area contributed by atoms with E-state index in [-0.39, 0.29) is 0 Å². The second-order valence-electron chi connectivity index (χ2n) is 3.23. The van der Waals surface area contributed by atoms with Crippen molar-refractivity contribution in [2.45, 2.75) is 32.2 Å². The minimum absolute atomic E-state index is 0.353. The molecule has 0 saturated carbocycles. The highest BCUT2D eigenvalue weighted by atomic mass is 14.9. The van der Waals surface area contributed by atoms with E-state index in [2.05, 4.69) is 30.7 Å². The van der Waals surface area contributed by atoms with E-state index < -0.39 is 0 Å². The SMILES string of the molecule is C=CC(CCNC)NC(=C)CCC. The first kappa shape index (κ1) is 12.2. The highest BCUT2D eigenvalue weighted by Gasteiger charge is 2.02. The Labute approximate surface area is 82.1 Å². The second-order valence-corrected chi connectivity index (χ2v) is 3.23. The van der Waals surface area contributed by atoms with E-state index in [0.29, 0.717) is 6.04 Å². The Morgan fingerprint density at radius 3 is 2.69 bits per heavy atom. The Kier molecular flexibility index (Phi) is 7.41. The predicted molar refractivity (Wildman–Crippen MR) is 59.7 cm³/mol. The van der Waals surface area contributed by atoms with E-state index >= 15 is 0 Å². The molecule has 1 atom stereocenters. The molecule has 0 fully saturated rings. The first-order valence-corrected chi connectivity index (χ1v) is 4.96. The van der Waals surface area contributed by atoms with Crippen LogP contribution in [0.3, 0.4) is 0 Å². The summed E-state index contributed by atoms with van der Waals surface area (Å²) in [6.45, 7) is 10.9. The van der Waals surface area contributed by atoms with Crippen LogP contribution >= 0.6 is 0 Å². The van der Waals surface area contributed by atoms with Gasteiger partial charge in [-0.3, -0.25) is 0 Å². The monoisotopic (exact) mass is 182 g/mol. The van der Waals surface area contributed by atoms with Crippen LogP contribution in [0.2, 0.25) is 0 Å². The molecule has 0 aromatic rings. The third kappa shape index (κ3) is 6.41. The molecule has 0 radical (unpaired) electrons. The minimum atomic E-state index is 0.353. The van der Waals surface area contributed by atoms with E-state index in [1.165, 1.54) is 0 Å². The number of hydrogen-bond acceptors (Lipinski definition) is 2. The van der Waals surface area contributed by atoms with E-state index in [1.807, 2.05) is 13.1 Å². The molecule has 76 valence electrons. The Hall–Kier alpha value is -0.760. The van der Waals surface area contributed by atoms with Crippen molar-refractivity contribution in [2.24, 2.45) is 0 Å². The van der Waals surface area contributed by atoms with Crippen LogP contribution < -0.4 is 10.6 Å². The summed E-state index contributed by atoms with van der Waals surface area (Å²) >= 11 is 0. The number of hydrogen-bond donors (Lipinski definition) is 2. The van der Waals surface area contributed by atoms with Crippen molar-refractivity contribution in [1.29, 1.82) is 0 Å². The van der Waals surface area contributed by atoms with Crippen molar-refractivity contribution in [1.82, 2.24) is 10.6 Å². The molecule has 0 saturated heterocycles.